The van der Waals surface area contributed by atoms with E-state index in [1.807, 2.05) is 25.2 Å². The molecule has 0 radical (unpaired) electrons. The minimum atomic E-state index is 0.539. The van der Waals surface area contributed by atoms with Crippen LogP contribution in [0.25, 0.3) is 0 Å². The second-order valence-electron chi connectivity index (χ2n) is 4.47. The number of rotatable bonds is 3. The topological polar surface area (TPSA) is 36.4 Å². The van der Waals surface area contributed by atoms with Gasteiger partial charge in [0, 0.05) is 30.7 Å². The first-order chi connectivity index (χ1) is 8.65. The summed E-state index contributed by atoms with van der Waals surface area (Å²) >= 11 is 12.1. The first-order valence-corrected chi connectivity index (χ1v) is 6.74. The first kappa shape index (κ1) is 13.5. The highest BCUT2D eigenvalue weighted by Gasteiger charge is 2.39. The second-order valence-corrected chi connectivity index (χ2v) is 5.31. The van der Waals surface area contributed by atoms with Gasteiger partial charge in [0.1, 0.15) is 0 Å². The number of nitrogens with one attached hydrogen (secondary N) is 2. The largest absolute Gasteiger partial charge is 0.359 e. The van der Waals surface area contributed by atoms with Crippen molar-refractivity contribution in [3.8, 4) is 0 Å². The van der Waals surface area contributed by atoms with Crippen LogP contribution in [-0.2, 0) is 0 Å². The molecule has 0 heterocycles. The van der Waals surface area contributed by atoms with E-state index < -0.39 is 0 Å². The van der Waals surface area contributed by atoms with Crippen LogP contribution in [0.4, 0.5) is 0 Å². The molecule has 1 aliphatic carbocycles. The molecule has 1 aromatic rings. The molecular weight excluding hydrogens is 269 g/mol. The van der Waals surface area contributed by atoms with Crippen LogP contribution < -0.4 is 10.6 Å². The van der Waals surface area contributed by atoms with Gasteiger partial charge in [0.05, 0.1) is 0 Å². The Morgan fingerprint density at radius 1 is 1.44 bits per heavy atom. The zero-order valence-corrected chi connectivity index (χ0v) is 12.0. The fourth-order valence-electron chi connectivity index (χ4n) is 2.16. The number of nitrogens with zero attached hydrogens (tertiary/aromatic N) is 1. The lowest BCUT2D eigenvalue weighted by Gasteiger charge is -2.08. The summed E-state index contributed by atoms with van der Waals surface area (Å²) < 4.78 is 0. The molecule has 1 fully saturated rings. The van der Waals surface area contributed by atoms with Gasteiger partial charge in [-0.25, -0.2) is 0 Å². The fourth-order valence-corrected chi connectivity index (χ4v) is 2.71. The van der Waals surface area contributed by atoms with Crippen molar-refractivity contribution >= 4 is 29.2 Å². The molecule has 0 amide bonds. The monoisotopic (exact) mass is 285 g/mol. The minimum Gasteiger partial charge on any atom is -0.359 e. The van der Waals surface area contributed by atoms with Crippen molar-refractivity contribution in [1.82, 2.24) is 10.6 Å². The van der Waals surface area contributed by atoms with Gasteiger partial charge < -0.3 is 10.6 Å². The van der Waals surface area contributed by atoms with E-state index >= 15 is 0 Å². The van der Waals surface area contributed by atoms with Gasteiger partial charge in [-0.1, -0.05) is 29.3 Å². The zero-order valence-electron chi connectivity index (χ0n) is 10.5. The first-order valence-electron chi connectivity index (χ1n) is 5.99. The Morgan fingerprint density at radius 2 is 2.22 bits per heavy atom. The summed E-state index contributed by atoms with van der Waals surface area (Å²) in [4.78, 5) is 4.08. The third-order valence-corrected chi connectivity index (χ3v) is 3.84. The van der Waals surface area contributed by atoms with E-state index in [9.17, 15) is 0 Å². The van der Waals surface area contributed by atoms with Gasteiger partial charge in [-0.2, -0.15) is 0 Å². The van der Waals surface area contributed by atoms with Crippen LogP contribution >= 0.6 is 23.2 Å². The summed E-state index contributed by atoms with van der Waals surface area (Å²) in [6.07, 6.45) is 1.16. The highest BCUT2D eigenvalue weighted by atomic mass is 35.5. The smallest absolute Gasteiger partial charge is 0.190 e. The molecule has 0 aromatic heterocycles. The highest BCUT2D eigenvalue weighted by molar-refractivity contribution is 6.35. The summed E-state index contributed by atoms with van der Waals surface area (Å²) in [5.74, 6) is 1.98. The van der Waals surface area contributed by atoms with E-state index in [4.69, 9.17) is 23.2 Å². The minimum absolute atomic E-state index is 0.539. The number of aliphatic imine (C=N–C) groups is 1. The average Bonchev–Trinajstić information content (AvgIpc) is 3.10. The van der Waals surface area contributed by atoms with Crippen molar-refractivity contribution in [3.05, 3.63) is 33.8 Å². The standard InChI is InChI=1S/C13H17Cl2N3/c1-16-13(17-2)18-7-8-5-11(8)10-4-3-9(14)6-12(10)15/h3-4,6,8,11H,5,7H2,1-2H3,(H2,16,17,18). The summed E-state index contributed by atoms with van der Waals surface area (Å²) in [6.45, 7) is 0.914. The zero-order chi connectivity index (χ0) is 13.1. The molecular formula is C13H17Cl2N3. The molecule has 2 unspecified atom stereocenters. The summed E-state index contributed by atoms with van der Waals surface area (Å²) in [5, 5.41) is 7.75. The van der Waals surface area contributed by atoms with Crippen molar-refractivity contribution in [3.63, 3.8) is 0 Å². The van der Waals surface area contributed by atoms with E-state index in [0.29, 0.717) is 16.9 Å². The molecule has 5 heteroatoms. The highest BCUT2D eigenvalue weighted by Crippen LogP contribution is 2.49. The van der Waals surface area contributed by atoms with E-state index in [2.05, 4.69) is 15.6 Å². The molecule has 18 heavy (non-hydrogen) atoms. The van der Waals surface area contributed by atoms with Crippen LogP contribution in [0.5, 0.6) is 0 Å². The molecule has 1 aliphatic rings. The number of hydrogen-bond donors (Lipinski definition) is 2. The predicted molar refractivity (Wildman–Crippen MR) is 77.7 cm³/mol. The Hall–Kier alpha value is -0.930. The van der Waals surface area contributed by atoms with Crippen molar-refractivity contribution in [2.75, 3.05) is 20.6 Å². The molecule has 1 aromatic carbocycles. The van der Waals surface area contributed by atoms with Gasteiger partial charge in [-0.3, -0.25) is 4.99 Å². The van der Waals surface area contributed by atoms with Gasteiger partial charge in [-0.15, -0.1) is 0 Å². The van der Waals surface area contributed by atoms with Crippen molar-refractivity contribution in [1.29, 1.82) is 0 Å². The molecule has 98 valence electrons. The fraction of sp³-hybridized carbons (Fsp3) is 0.462. The van der Waals surface area contributed by atoms with Crippen molar-refractivity contribution in [2.45, 2.75) is 12.3 Å². The Morgan fingerprint density at radius 3 is 2.83 bits per heavy atom. The third kappa shape index (κ3) is 3.09. The Bertz CT molecular complexity index is 460. The predicted octanol–water partition coefficient (Wildman–Crippen LogP) is 2.89. The molecule has 2 atom stereocenters. The third-order valence-electron chi connectivity index (χ3n) is 3.28. The average molecular weight is 286 g/mol. The van der Waals surface area contributed by atoms with Gasteiger partial charge in [-0.05, 0) is 36.0 Å². The van der Waals surface area contributed by atoms with E-state index in [0.717, 1.165) is 23.9 Å². The van der Waals surface area contributed by atoms with Gasteiger partial charge >= 0.3 is 0 Å². The summed E-state index contributed by atoms with van der Waals surface area (Å²) in [6, 6.07) is 5.74. The lowest BCUT2D eigenvalue weighted by molar-refractivity contribution is 0.732. The Labute approximate surface area is 118 Å². The van der Waals surface area contributed by atoms with Crippen LogP contribution in [0, 0.1) is 5.92 Å². The molecule has 1 saturated carbocycles. The normalized spacial score (nSPS) is 22.8. The molecule has 0 saturated heterocycles. The van der Waals surface area contributed by atoms with Crippen LogP contribution in [0.15, 0.2) is 23.2 Å². The number of benzene rings is 1. The Balaban J connectivity index is 1.91. The molecule has 2 N–H and O–H groups in total. The van der Waals surface area contributed by atoms with Gasteiger partial charge in [0.25, 0.3) is 0 Å². The maximum absolute atomic E-state index is 6.21. The quantitative estimate of drug-likeness (QED) is 0.662. The number of guanidine groups is 1. The molecule has 3 nitrogen and oxygen atoms in total. The number of hydrogen-bond acceptors (Lipinski definition) is 1. The molecule has 0 aliphatic heterocycles. The van der Waals surface area contributed by atoms with Gasteiger partial charge in [0.15, 0.2) is 5.96 Å². The van der Waals surface area contributed by atoms with Crippen molar-refractivity contribution in [2.24, 2.45) is 10.9 Å². The maximum Gasteiger partial charge on any atom is 0.190 e. The number of halogens is 2. The lowest BCUT2D eigenvalue weighted by atomic mass is 10.1. The van der Waals surface area contributed by atoms with Crippen LogP contribution in [0.3, 0.4) is 0 Å². The van der Waals surface area contributed by atoms with Crippen LogP contribution in [0.2, 0.25) is 10.0 Å². The molecule has 0 bridgehead atoms. The SMILES string of the molecule is CN=C(NC)NCC1CC1c1ccc(Cl)cc1Cl. The summed E-state index contributed by atoms with van der Waals surface area (Å²) in [5.41, 5.74) is 1.20. The maximum atomic E-state index is 6.21. The second kappa shape index (κ2) is 5.81. The lowest BCUT2D eigenvalue weighted by Crippen LogP contribution is -2.35. The van der Waals surface area contributed by atoms with Crippen LogP contribution in [-0.4, -0.2) is 26.6 Å². The summed E-state index contributed by atoms with van der Waals surface area (Å²) in [7, 11) is 3.62. The van der Waals surface area contributed by atoms with Crippen molar-refractivity contribution < 1.29 is 0 Å². The van der Waals surface area contributed by atoms with Gasteiger partial charge in [0.2, 0.25) is 0 Å². The van der Waals surface area contributed by atoms with E-state index in [-0.39, 0.29) is 0 Å². The van der Waals surface area contributed by atoms with Crippen LogP contribution in [0.1, 0.15) is 17.9 Å². The molecule has 2 rings (SSSR count). The Kier molecular flexibility index (Phi) is 4.36. The van der Waals surface area contributed by atoms with E-state index in [1.54, 1.807) is 7.05 Å². The van der Waals surface area contributed by atoms with E-state index in [1.165, 1.54) is 5.56 Å². The molecule has 0 spiro atoms.